The zero-order valence-electron chi connectivity index (χ0n) is 11.1. The molecular weight excluding hydrogens is 238 g/mol. The van der Waals surface area contributed by atoms with Crippen molar-refractivity contribution in [1.29, 1.82) is 0 Å². The third kappa shape index (κ3) is 3.58. The fourth-order valence-corrected chi connectivity index (χ4v) is 1.83. The lowest BCUT2D eigenvalue weighted by Crippen LogP contribution is -2.14. The lowest BCUT2D eigenvalue weighted by Gasteiger charge is -2.07. The van der Waals surface area contributed by atoms with Gasteiger partial charge in [0, 0.05) is 5.69 Å². The number of phenolic OH excluding ortho intramolecular Hbond substituents is 1. The third-order valence-electron chi connectivity index (χ3n) is 2.97. The van der Waals surface area contributed by atoms with Crippen LogP contribution in [0, 0.1) is 13.8 Å². The molecule has 2 aromatic carbocycles. The molecule has 0 aliphatic rings. The maximum absolute atomic E-state index is 11.9. The van der Waals surface area contributed by atoms with Gasteiger partial charge < -0.3 is 10.4 Å². The Morgan fingerprint density at radius 2 is 1.79 bits per heavy atom. The van der Waals surface area contributed by atoms with Gasteiger partial charge in [0.2, 0.25) is 5.91 Å². The number of hydrogen-bond donors (Lipinski definition) is 2. The lowest BCUT2D eigenvalue weighted by molar-refractivity contribution is -0.115. The van der Waals surface area contributed by atoms with Crippen molar-refractivity contribution in [2.45, 2.75) is 20.3 Å². The molecule has 0 heterocycles. The van der Waals surface area contributed by atoms with Crippen molar-refractivity contribution in [3.8, 4) is 5.75 Å². The van der Waals surface area contributed by atoms with E-state index in [9.17, 15) is 9.90 Å². The normalized spacial score (nSPS) is 10.2. The molecule has 0 saturated heterocycles. The van der Waals surface area contributed by atoms with Crippen molar-refractivity contribution in [1.82, 2.24) is 0 Å². The van der Waals surface area contributed by atoms with E-state index in [1.807, 2.05) is 31.2 Å². The highest BCUT2D eigenvalue weighted by Gasteiger charge is 2.05. The SMILES string of the molecule is Cc1ccc(CC(=O)Nc2ccc(O)c(C)c2)cc1. The van der Waals surface area contributed by atoms with Crippen LogP contribution in [0.25, 0.3) is 0 Å². The van der Waals surface area contributed by atoms with Gasteiger partial charge in [0.1, 0.15) is 5.75 Å². The number of aryl methyl sites for hydroxylation is 2. The zero-order valence-corrected chi connectivity index (χ0v) is 11.1. The Morgan fingerprint density at radius 1 is 1.11 bits per heavy atom. The molecule has 0 aliphatic heterocycles. The van der Waals surface area contributed by atoms with Gasteiger partial charge >= 0.3 is 0 Å². The maximum Gasteiger partial charge on any atom is 0.228 e. The van der Waals surface area contributed by atoms with Gasteiger partial charge in [-0.2, -0.15) is 0 Å². The summed E-state index contributed by atoms with van der Waals surface area (Å²) in [7, 11) is 0. The quantitative estimate of drug-likeness (QED) is 0.827. The van der Waals surface area contributed by atoms with Crippen LogP contribution >= 0.6 is 0 Å². The summed E-state index contributed by atoms with van der Waals surface area (Å²) in [6, 6.07) is 12.9. The Balaban J connectivity index is 2.01. The van der Waals surface area contributed by atoms with Crippen molar-refractivity contribution in [2.24, 2.45) is 0 Å². The minimum absolute atomic E-state index is 0.0612. The summed E-state index contributed by atoms with van der Waals surface area (Å²) in [4.78, 5) is 11.9. The monoisotopic (exact) mass is 255 g/mol. The molecular formula is C16H17NO2. The number of carbonyl (C=O) groups excluding carboxylic acids is 1. The molecule has 98 valence electrons. The smallest absolute Gasteiger partial charge is 0.228 e. The van der Waals surface area contributed by atoms with E-state index in [-0.39, 0.29) is 11.7 Å². The van der Waals surface area contributed by atoms with E-state index in [1.54, 1.807) is 25.1 Å². The first kappa shape index (κ1) is 13.1. The van der Waals surface area contributed by atoms with E-state index in [4.69, 9.17) is 0 Å². The topological polar surface area (TPSA) is 49.3 Å². The average Bonchev–Trinajstić information content (AvgIpc) is 2.37. The van der Waals surface area contributed by atoms with E-state index in [0.29, 0.717) is 12.1 Å². The molecule has 0 unspecified atom stereocenters. The minimum atomic E-state index is -0.0612. The van der Waals surface area contributed by atoms with Crippen LogP contribution in [0.2, 0.25) is 0 Å². The molecule has 0 aromatic heterocycles. The first-order chi connectivity index (χ1) is 9.04. The van der Waals surface area contributed by atoms with Crippen molar-refractivity contribution in [3.63, 3.8) is 0 Å². The van der Waals surface area contributed by atoms with Crippen LogP contribution in [0.5, 0.6) is 5.75 Å². The molecule has 2 N–H and O–H groups in total. The van der Waals surface area contributed by atoms with Crippen LogP contribution < -0.4 is 5.32 Å². The second kappa shape index (κ2) is 5.57. The molecule has 0 spiro atoms. The summed E-state index contributed by atoms with van der Waals surface area (Å²) in [5.74, 6) is 0.172. The number of benzene rings is 2. The maximum atomic E-state index is 11.9. The second-order valence-corrected chi connectivity index (χ2v) is 4.71. The largest absolute Gasteiger partial charge is 0.508 e. The van der Waals surface area contributed by atoms with Gasteiger partial charge in [0.25, 0.3) is 0 Å². The van der Waals surface area contributed by atoms with Gasteiger partial charge in [0.05, 0.1) is 6.42 Å². The standard InChI is InChI=1S/C16H17NO2/c1-11-3-5-13(6-4-11)10-16(19)17-14-7-8-15(18)12(2)9-14/h3-9,18H,10H2,1-2H3,(H,17,19). The van der Waals surface area contributed by atoms with Crippen LogP contribution in [0.1, 0.15) is 16.7 Å². The first-order valence-corrected chi connectivity index (χ1v) is 6.19. The Kier molecular flexibility index (Phi) is 3.85. The highest BCUT2D eigenvalue weighted by Crippen LogP contribution is 2.20. The molecule has 19 heavy (non-hydrogen) atoms. The number of hydrogen-bond acceptors (Lipinski definition) is 2. The van der Waals surface area contributed by atoms with Gasteiger partial charge in [0.15, 0.2) is 0 Å². The fraction of sp³-hybridized carbons (Fsp3) is 0.188. The predicted molar refractivity (Wildman–Crippen MR) is 76.4 cm³/mol. The van der Waals surface area contributed by atoms with E-state index in [2.05, 4.69) is 5.32 Å². The minimum Gasteiger partial charge on any atom is -0.508 e. The van der Waals surface area contributed by atoms with E-state index in [0.717, 1.165) is 11.1 Å². The zero-order chi connectivity index (χ0) is 13.8. The molecule has 0 aliphatic carbocycles. The molecule has 0 bridgehead atoms. The van der Waals surface area contributed by atoms with Gasteiger partial charge in [-0.3, -0.25) is 4.79 Å². The van der Waals surface area contributed by atoms with E-state index < -0.39 is 0 Å². The van der Waals surface area contributed by atoms with Gasteiger partial charge in [-0.1, -0.05) is 29.8 Å². The Labute approximate surface area is 112 Å². The summed E-state index contributed by atoms with van der Waals surface area (Å²) in [6.07, 6.45) is 0.347. The molecule has 0 fully saturated rings. The second-order valence-electron chi connectivity index (χ2n) is 4.71. The molecule has 0 atom stereocenters. The highest BCUT2D eigenvalue weighted by molar-refractivity contribution is 5.92. The Hall–Kier alpha value is -2.29. The van der Waals surface area contributed by atoms with Gasteiger partial charge in [-0.25, -0.2) is 0 Å². The summed E-state index contributed by atoms with van der Waals surface area (Å²) in [5.41, 5.74) is 3.61. The van der Waals surface area contributed by atoms with Crippen LogP contribution in [0.3, 0.4) is 0 Å². The van der Waals surface area contributed by atoms with Gasteiger partial charge in [-0.15, -0.1) is 0 Å². The number of amides is 1. The highest BCUT2D eigenvalue weighted by atomic mass is 16.3. The summed E-state index contributed by atoms with van der Waals surface area (Å²) in [5, 5.41) is 12.2. The molecule has 0 radical (unpaired) electrons. The van der Waals surface area contributed by atoms with Crippen LogP contribution in [0.15, 0.2) is 42.5 Å². The molecule has 3 nitrogen and oxygen atoms in total. The summed E-state index contributed by atoms with van der Waals surface area (Å²) in [6.45, 7) is 3.81. The van der Waals surface area contributed by atoms with Crippen molar-refractivity contribution < 1.29 is 9.90 Å². The fourth-order valence-electron chi connectivity index (χ4n) is 1.83. The van der Waals surface area contributed by atoms with Crippen LogP contribution in [-0.2, 0) is 11.2 Å². The molecule has 0 saturated carbocycles. The van der Waals surface area contributed by atoms with Crippen molar-refractivity contribution >= 4 is 11.6 Å². The molecule has 3 heteroatoms. The van der Waals surface area contributed by atoms with Crippen LogP contribution in [-0.4, -0.2) is 11.0 Å². The van der Waals surface area contributed by atoms with Gasteiger partial charge in [-0.05, 0) is 43.2 Å². The summed E-state index contributed by atoms with van der Waals surface area (Å²) >= 11 is 0. The lowest BCUT2D eigenvalue weighted by atomic mass is 10.1. The molecule has 2 rings (SSSR count). The number of anilines is 1. The van der Waals surface area contributed by atoms with E-state index in [1.165, 1.54) is 5.56 Å². The average molecular weight is 255 g/mol. The van der Waals surface area contributed by atoms with Crippen molar-refractivity contribution in [2.75, 3.05) is 5.32 Å². The molecule has 1 amide bonds. The van der Waals surface area contributed by atoms with Crippen LogP contribution in [0.4, 0.5) is 5.69 Å². The first-order valence-electron chi connectivity index (χ1n) is 6.19. The Morgan fingerprint density at radius 3 is 2.42 bits per heavy atom. The Bertz CT molecular complexity index is 588. The number of nitrogens with one attached hydrogen (secondary N) is 1. The number of rotatable bonds is 3. The van der Waals surface area contributed by atoms with E-state index >= 15 is 0 Å². The number of carbonyl (C=O) groups is 1. The van der Waals surface area contributed by atoms with Crippen molar-refractivity contribution in [3.05, 3.63) is 59.2 Å². The predicted octanol–water partition coefficient (Wildman–Crippen LogP) is 3.19. The molecule has 2 aromatic rings. The number of phenols is 1. The third-order valence-corrected chi connectivity index (χ3v) is 2.97. The summed E-state index contributed by atoms with van der Waals surface area (Å²) < 4.78 is 0. The number of aromatic hydroxyl groups is 1.